The summed E-state index contributed by atoms with van der Waals surface area (Å²) in [4.78, 5) is 39.8. The highest BCUT2D eigenvalue weighted by atomic mass is 16.5. The molecule has 0 saturated carbocycles. The lowest BCUT2D eigenvalue weighted by Gasteiger charge is -2.41. The van der Waals surface area contributed by atoms with E-state index in [1.54, 1.807) is 17.0 Å². The second kappa shape index (κ2) is 11.7. The standard InChI is InChI=1S/C29H34N2O6/c1-18-10-12-20(13-11-18)17-31(25(34)9-5-6-19(2)33)23-16-22(29(36)30-14-15-32)26-21-7-3-4-8-24(21)37-28(26)27(23)35/h3-4,7-8,10-13,16,23,26-28,32,35H,5-6,9,14-15,17H2,1-2H3,(H,30,36)/t23-,26+,27+,28+/m1/s1. The first kappa shape index (κ1) is 26.6. The SMILES string of the molecule is CC(=O)CCCC(=O)N(Cc1ccc(C)cc1)[C@@H]1C=C(C(=O)NCCO)[C@@H]2c3ccccc3O[C@@H]2[C@H]1O. The number of carbonyl (C=O) groups is 3. The van der Waals surface area contributed by atoms with E-state index in [1.807, 2.05) is 49.4 Å². The van der Waals surface area contributed by atoms with Crippen molar-refractivity contribution in [2.75, 3.05) is 13.2 Å². The first-order valence-corrected chi connectivity index (χ1v) is 12.7. The van der Waals surface area contributed by atoms with Crippen LogP contribution in [0.1, 0.15) is 48.8 Å². The highest BCUT2D eigenvalue weighted by Gasteiger charge is 2.50. The van der Waals surface area contributed by atoms with Gasteiger partial charge < -0.3 is 30.0 Å². The van der Waals surface area contributed by atoms with Crippen LogP contribution in [0.15, 0.2) is 60.2 Å². The molecule has 8 nitrogen and oxygen atoms in total. The molecule has 1 aliphatic carbocycles. The molecule has 1 aliphatic heterocycles. The fourth-order valence-corrected chi connectivity index (χ4v) is 5.07. The lowest BCUT2D eigenvalue weighted by Crippen LogP contribution is -2.55. The Labute approximate surface area is 216 Å². The van der Waals surface area contributed by atoms with Gasteiger partial charge in [-0.1, -0.05) is 48.0 Å². The molecule has 8 heteroatoms. The quantitative estimate of drug-likeness (QED) is 0.456. The number of aliphatic hydroxyl groups excluding tert-OH is 2. The number of rotatable bonds is 10. The maximum atomic E-state index is 13.5. The Morgan fingerprint density at radius 3 is 2.49 bits per heavy atom. The van der Waals surface area contributed by atoms with Gasteiger partial charge in [0.15, 0.2) is 0 Å². The van der Waals surface area contributed by atoms with E-state index in [0.29, 0.717) is 24.2 Å². The van der Waals surface area contributed by atoms with Crippen LogP contribution in [0.5, 0.6) is 5.75 Å². The van der Waals surface area contributed by atoms with E-state index in [1.165, 1.54) is 6.92 Å². The van der Waals surface area contributed by atoms with E-state index in [9.17, 15) is 24.6 Å². The second-order valence-electron chi connectivity index (χ2n) is 9.74. The number of fused-ring (bicyclic) bond motifs is 3. The van der Waals surface area contributed by atoms with Gasteiger partial charge in [0.2, 0.25) is 11.8 Å². The van der Waals surface area contributed by atoms with Crippen LogP contribution in [0.4, 0.5) is 0 Å². The van der Waals surface area contributed by atoms with Gasteiger partial charge in [-0.15, -0.1) is 0 Å². The number of carbonyl (C=O) groups excluding carboxylic acids is 3. The molecule has 0 bridgehead atoms. The monoisotopic (exact) mass is 506 g/mol. The van der Waals surface area contributed by atoms with Gasteiger partial charge in [-0.2, -0.15) is 0 Å². The molecule has 0 aromatic heterocycles. The molecule has 37 heavy (non-hydrogen) atoms. The van der Waals surface area contributed by atoms with Crippen molar-refractivity contribution >= 4 is 17.6 Å². The number of benzene rings is 2. The predicted molar refractivity (Wildman–Crippen MR) is 138 cm³/mol. The fraction of sp³-hybridized carbons (Fsp3) is 0.414. The van der Waals surface area contributed by atoms with Gasteiger partial charge in [-0.25, -0.2) is 0 Å². The maximum Gasteiger partial charge on any atom is 0.247 e. The number of aryl methyl sites for hydroxylation is 1. The predicted octanol–water partition coefficient (Wildman–Crippen LogP) is 2.41. The van der Waals surface area contributed by atoms with Crippen LogP contribution in [0.2, 0.25) is 0 Å². The Morgan fingerprint density at radius 1 is 1.05 bits per heavy atom. The number of hydrogen-bond acceptors (Lipinski definition) is 6. The molecule has 3 N–H and O–H groups in total. The van der Waals surface area contributed by atoms with E-state index in [0.717, 1.165) is 16.7 Å². The average Bonchev–Trinajstić information content (AvgIpc) is 3.27. The van der Waals surface area contributed by atoms with Crippen molar-refractivity contribution in [2.24, 2.45) is 0 Å². The minimum atomic E-state index is -1.09. The normalized spacial score (nSPS) is 21.8. The molecule has 4 atom stereocenters. The van der Waals surface area contributed by atoms with Gasteiger partial charge in [0, 0.05) is 37.1 Å². The summed E-state index contributed by atoms with van der Waals surface area (Å²) in [5.74, 6) is -0.490. The fourth-order valence-electron chi connectivity index (χ4n) is 5.07. The molecule has 0 radical (unpaired) electrons. The highest BCUT2D eigenvalue weighted by molar-refractivity contribution is 5.96. The first-order chi connectivity index (χ1) is 17.8. The first-order valence-electron chi connectivity index (χ1n) is 12.7. The summed E-state index contributed by atoms with van der Waals surface area (Å²) in [6.07, 6.45) is 0.667. The largest absolute Gasteiger partial charge is 0.486 e. The number of Topliss-reactive ketones (excluding diaryl/α,β-unsaturated/α-hetero) is 1. The third kappa shape index (κ3) is 5.92. The van der Waals surface area contributed by atoms with Crippen LogP contribution in [0.25, 0.3) is 0 Å². The molecule has 0 spiro atoms. The third-order valence-corrected chi connectivity index (χ3v) is 6.95. The molecule has 2 amide bonds. The summed E-state index contributed by atoms with van der Waals surface area (Å²) < 4.78 is 6.14. The number of hydrogen-bond donors (Lipinski definition) is 3. The van der Waals surface area contributed by atoms with E-state index >= 15 is 0 Å². The smallest absolute Gasteiger partial charge is 0.247 e. The van der Waals surface area contributed by atoms with E-state index < -0.39 is 24.2 Å². The number of ketones is 1. The van der Waals surface area contributed by atoms with Gasteiger partial charge in [-0.05, 0) is 38.0 Å². The van der Waals surface area contributed by atoms with E-state index in [-0.39, 0.29) is 43.7 Å². The molecule has 1 heterocycles. The Bertz CT molecular complexity index is 1180. The number of ether oxygens (including phenoxy) is 1. The van der Waals surface area contributed by atoms with Crippen molar-refractivity contribution in [3.63, 3.8) is 0 Å². The van der Waals surface area contributed by atoms with Gasteiger partial charge >= 0.3 is 0 Å². The lowest BCUT2D eigenvalue weighted by atomic mass is 9.77. The van der Waals surface area contributed by atoms with E-state index in [2.05, 4.69) is 5.32 Å². The Hall–Kier alpha value is -3.49. The lowest BCUT2D eigenvalue weighted by molar-refractivity contribution is -0.138. The van der Waals surface area contributed by atoms with Crippen LogP contribution in [-0.4, -0.2) is 64.1 Å². The van der Waals surface area contributed by atoms with Crippen molar-refractivity contribution in [3.8, 4) is 5.75 Å². The summed E-state index contributed by atoms with van der Waals surface area (Å²) in [6.45, 7) is 3.58. The van der Waals surface area contributed by atoms with Crippen molar-refractivity contribution in [1.82, 2.24) is 10.2 Å². The summed E-state index contributed by atoms with van der Waals surface area (Å²) in [6, 6.07) is 14.3. The number of nitrogens with zero attached hydrogens (tertiary/aromatic N) is 1. The summed E-state index contributed by atoms with van der Waals surface area (Å²) in [5.41, 5.74) is 3.16. The molecular weight excluding hydrogens is 472 g/mol. The minimum Gasteiger partial charge on any atom is -0.486 e. The molecule has 2 aliphatic rings. The highest BCUT2D eigenvalue weighted by Crippen LogP contribution is 2.47. The summed E-state index contributed by atoms with van der Waals surface area (Å²) >= 11 is 0. The summed E-state index contributed by atoms with van der Waals surface area (Å²) in [7, 11) is 0. The Kier molecular flexibility index (Phi) is 8.41. The van der Waals surface area contributed by atoms with Crippen molar-refractivity contribution < 1.29 is 29.3 Å². The number of amides is 2. The van der Waals surface area contributed by atoms with Crippen LogP contribution in [0.3, 0.4) is 0 Å². The van der Waals surface area contributed by atoms with E-state index in [4.69, 9.17) is 4.74 Å². The van der Waals surface area contributed by atoms with Crippen molar-refractivity contribution in [1.29, 1.82) is 0 Å². The van der Waals surface area contributed by atoms with Gasteiger partial charge in [-0.3, -0.25) is 9.59 Å². The molecule has 2 aromatic rings. The van der Waals surface area contributed by atoms with Crippen LogP contribution < -0.4 is 10.1 Å². The number of aliphatic hydroxyl groups is 2. The third-order valence-electron chi connectivity index (χ3n) is 6.95. The Morgan fingerprint density at radius 2 is 1.78 bits per heavy atom. The molecule has 2 aromatic carbocycles. The second-order valence-corrected chi connectivity index (χ2v) is 9.74. The number of nitrogens with one attached hydrogen (secondary N) is 1. The van der Waals surface area contributed by atoms with Crippen molar-refractivity contribution in [3.05, 3.63) is 76.9 Å². The van der Waals surface area contributed by atoms with Crippen LogP contribution in [0, 0.1) is 6.92 Å². The zero-order valence-electron chi connectivity index (χ0n) is 21.2. The molecule has 4 rings (SSSR count). The molecule has 0 saturated heterocycles. The topological polar surface area (TPSA) is 116 Å². The van der Waals surface area contributed by atoms with Crippen molar-refractivity contribution in [2.45, 2.75) is 63.8 Å². The zero-order chi connectivity index (χ0) is 26.5. The zero-order valence-corrected chi connectivity index (χ0v) is 21.2. The van der Waals surface area contributed by atoms with Gasteiger partial charge in [0.25, 0.3) is 0 Å². The van der Waals surface area contributed by atoms with Gasteiger partial charge in [0.1, 0.15) is 23.7 Å². The van der Waals surface area contributed by atoms with Crippen LogP contribution >= 0.6 is 0 Å². The molecule has 196 valence electrons. The molecule has 0 fully saturated rings. The maximum absolute atomic E-state index is 13.5. The molecule has 0 unspecified atom stereocenters. The molecular formula is C29H34N2O6. The van der Waals surface area contributed by atoms with Crippen LogP contribution in [-0.2, 0) is 20.9 Å². The average molecular weight is 507 g/mol. The minimum absolute atomic E-state index is 0.0123. The van der Waals surface area contributed by atoms with Gasteiger partial charge in [0.05, 0.1) is 18.6 Å². The number of para-hydroxylation sites is 1. The Balaban J connectivity index is 1.72. The summed E-state index contributed by atoms with van der Waals surface area (Å²) in [5, 5.41) is 23.5.